The fraction of sp³-hybridized carbons (Fsp3) is 0.300. The van der Waals surface area contributed by atoms with E-state index in [0.29, 0.717) is 0 Å². The van der Waals surface area contributed by atoms with Crippen LogP contribution in [0.1, 0.15) is 5.56 Å². The molecular weight excluding hydrogens is 238 g/mol. The largest absolute Gasteiger partial charge is 0.349 e. The Balaban J connectivity index is 0.00000225. The van der Waals surface area contributed by atoms with Crippen LogP contribution in [-0.4, -0.2) is 19.0 Å². The van der Waals surface area contributed by atoms with E-state index < -0.39 is 11.8 Å². The first kappa shape index (κ1) is 14.8. The maximum atomic E-state index is 13.4. The molecule has 1 rings (SSSR count). The molecule has 90 valence electrons. The van der Waals surface area contributed by atoms with Crippen LogP contribution in [0.25, 0.3) is 0 Å². The predicted octanol–water partition coefficient (Wildman–Crippen LogP) is 1.28. The molecule has 16 heavy (non-hydrogen) atoms. The van der Waals surface area contributed by atoms with Gasteiger partial charge in [0.15, 0.2) is 0 Å². The summed E-state index contributed by atoms with van der Waals surface area (Å²) in [7, 11) is 0. The molecule has 0 atom stereocenters. The molecule has 3 nitrogen and oxygen atoms in total. The lowest BCUT2D eigenvalue weighted by atomic mass is 10.1. The van der Waals surface area contributed by atoms with Gasteiger partial charge < -0.3 is 11.1 Å². The Morgan fingerprint density at radius 2 is 1.88 bits per heavy atom. The van der Waals surface area contributed by atoms with Gasteiger partial charge in [0.2, 0.25) is 0 Å². The van der Waals surface area contributed by atoms with Crippen molar-refractivity contribution in [3.05, 3.63) is 35.9 Å². The average Bonchev–Trinajstić information content (AvgIpc) is 2.27. The van der Waals surface area contributed by atoms with Crippen LogP contribution in [0.3, 0.4) is 0 Å². The molecule has 0 radical (unpaired) electrons. The van der Waals surface area contributed by atoms with Gasteiger partial charge in [0.05, 0.1) is 0 Å². The topological polar surface area (TPSA) is 55.1 Å². The van der Waals surface area contributed by atoms with Crippen molar-refractivity contribution in [3.8, 4) is 0 Å². The molecule has 0 aliphatic carbocycles. The van der Waals surface area contributed by atoms with E-state index in [1.54, 1.807) is 6.07 Å². The number of alkyl halides is 2. The molecule has 0 fully saturated rings. The standard InChI is InChI=1S/C10H12F2N2O.ClH/c11-10(12,9(15)14-7-6-13)8-4-2-1-3-5-8;/h1-5H,6-7,13H2,(H,14,15);1H. The van der Waals surface area contributed by atoms with Gasteiger partial charge in [0.1, 0.15) is 0 Å². The maximum absolute atomic E-state index is 13.4. The monoisotopic (exact) mass is 250 g/mol. The van der Waals surface area contributed by atoms with E-state index in [-0.39, 0.29) is 31.1 Å². The van der Waals surface area contributed by atoms with E-state index in [4.69, 9.17) is 5.73 Å². The fourth-order valence-corrected chi connectivity index (χ4v) is 1.08. The number of carbonyl (C=O) groups excluding carboxylic acids is 1. The first-order chi connectivity index (χ1) is 7.09. The van der Waals surface area contributed by atoms with E-state index in [2.05, 4.69) is 5.32 Å². The summed E-state index contributed by atoms with van der Waals surface area (Å²) in [6, 6.07) is 6.94. The van der Waals surface area contributed by atoms with E-state index in [0.717, 1.165) is 0 Å². The van der Waals surface area contributed by atoms with Gasteiger partial charge in [-0.25, -0.2) is 0 Å². The maximum Gasteiger partial charge on any atom is 0.349 e. The van der Waals surface area contributed by atoms with Gasteiger partial charge in [-0.1, -0.05) is 30.3 Å². The average molecular weight is 251 g/mol. The van der Waals surface area contributed by atoms with Gasteiger partial charge in [0.25, 0.3) is 5.91 Å². The fourth-order valence-electron chi connectivity index (χ4n) is 1.08. The number of nitrogens with two attached hydrogens (primary N) is 1. The van der Waals surface area contributed by atoms with Crippen LogP contribution in [0.5, 0.6) is 0 Å². The molecule has 1 aromatic carbocycles. The van der Waals surface area contributed by atoms with Crippen LogP contribution in [0, 0.1) is 0 Å². The Morgan fingerprint density at radius 3 is 2.38 bits per heavy atom. The number of nitrogens with one attached hydrogen (secondary N) is 1. The highest BCUT2D eigenvalue weighted by Crippen LogP contribution is 2.27. The minimum absolute atomic E-state index is 0. The highest BCUT2D eigenvalue weighted by Gasteiger charge is 2.40. The van der Waals surface area contributed by atoms with Crippen molar-refractivity contribution in [1.29, 1.82) is 0 Å². The number of rotatable bonds is 4. The molecule has 0 aromatic heterocycles. The van der Waals surface area contributed by atoms with Crippen LogP contribution in [-0.2, 0) is 10.7 Å². The molecule has 0 aliphatic rings. The first-order valence-electron chi connectivity index (χ1n) is 4.50. The molecule has 0 heterocycles. The summed E-state index contributed by atoms with van der Waals surface area (Å²) in [5, 5.41) is 2.06. The number of hydrogen-bond donors (Lipinski definition) is 2. The molecule has 0 unspecified atom stereocenters. The Hall–Kier alpha value is -1.20. The van der Waals surface area contributed by atoms with Crippen molar-refractivity contribution in [2.24, 2.45) is 5.73 Å². The summed E-state index contributed by atoms with van der Waals surface area (Å²) in [6.45, 7) is 0.178. The lowest BCUT2D eigenvalue weighted by Crippen LogP contribution is -2.40. The summed E-state index contributed by atoms with van der Waals surface area (Å²) in [4.78, 5) is 11.1. The van der Waals surface area contributed by atoms with Crippen molar-refractivity contribution < 1.29 is 13.6 Å². The SMILES string of the molecule is Cl.NCCNC(=O)C(F)(F)c1ccccc1. The minimum Gasteiger partial charge on any atom is -0.349 e. The molecule has 0 saturated carbocycles. The summed E-state index contributed by atoms with van der Waals surface area (Å²) >= 11 is 0. The van der Waals surface area contributed by atoms with Crippen LogP contribution in [0.15, 0.2) is 30.3 Å². The van der Waals surface area contributed by atoms with Crippen molar-refractivity contribution in [1.82, 2.24) is 5.32 Å². The molecule has 0 aliphatic heterocycles. The molecule has 0 saturated heterocycles. The molecule has 0 bridgehead atoms. The molecule has 1 aromatic rings. The second-order valence-corrected chi connectivity index (χ2v) is 2.98. The summed E-state index contributed by atoms with van der Waals surface area (Å²) in [6.07, 6.45) is 0. The number of carbonyl (C=O) groups is 1. The van der Waals surface area contributed by atoms with Gasteiger partial charge in [-0.15, -0.1) is 12.4 Å². The first-order valence-corrected chi connectivity index (χ1v) is 4.50. The molecule has 0 spiro atoms. The number of benzene rings is 1. The lowest BCUT2D eigenvalue weighted by Gasteiger charge is -2.15. The zero-order valence-electron chi connectivity index (χ0n) is 8.45. The second kappa shape index (κ2) is 6.40. The van der Waals surface area contributed by atoms with E-state index >= 15 is 0 Å². The van der Waals surface area contributed by atoms with Gasteiger partial charge in [-0.05, 0) is 0 Å². The third-order valence-electron chi connectivity index (χ3n) is 1.85. The molecular formula is C10H13ClF2N2O. The third kappa shape index (κ3) is 3.43. The summed E-state index contributed by atoms with van der Waals surface area (Å²) in [5.74, 6) is -4.82. The molecule has 3 N–H and O–H groups in total. The number of halogens is 3. The molecule has 1 amide bonds. The Bertz CT molecular complexity index is 333. The normalized spacial score (nSPS) is 10.4. The van der Waals surface area contributed by atoms with E-state index in [9.17, 15) is 13.6 Å². The third-order valence-corrected chi connectivity index (χ3v) is 1.85. The Labute approximate surface area is 98.4 Å². The van der Waals surface area contributed by atoms with Crippen LogP contribution in [0.4, 0.5) is 8.78 Å². The quantitative estimate of drug-likeness (QED) is 0.846. The highest BCUT2D eigenvalue weighted by molar-refractivity contribution is 5.85. The van der Waals surface area contributed by atoms with Crippen LogP contribution >= 0.6 is 12.4 Å². The van der Waals surface area contributed by atoms with Crippen molar-refractivity contribution in [3.63, 3.8) is 0 Å². The Morgan fingerprint density at radius 1 is 1.31 bits per heavy atom. The number of hydrogen-bond acceptors (Lipinski definition) is 2. The van der Waals surface area contributed by atoms with E-state index in [1.807, 2.05) is 0 Å². The van der Waals surface area contributed by atoms with Crippen molar-refractivity contribution in [2.75, 3.05) is 13.1 Å². The summed E-state index contributed by atoms with van der Waals surface area (Å²) in [5.41, 5.74) is 4.78. The molecule has 6 heteroatoms. The van der Waals surface area contributed by atoms with Crippen LogP contribution < -0.4 is 11.1 Å². The van der Waals surface area contributed by atoms with Gasteiger partial charge in [0, 0.05) is 18.7 Å². The minimum atomic E-state index is -3.50. The van der Waals surface area contributed by atoms with Gasteiger partial charge in [-0.2, -0.15) is 8.78 Å². The second-order valence-electron chi connectivity index (χ2n) is 2.98. The smallest absolute Gasteiger partial charge is 0.349 e. The zero-order valence-corrected chi connectivity index (χ0v) is 9.27. The highest BCUT2D eigenvalue weighted by atomic mass is 35.5. The zero-order chi connectivity index (χ0) is 11.3. The Kier molecular flexibility index (Phi) is 5.92. The van der Waals surface area contributed by atoms with E-state index in [1.165, 1.54) is 24.3 Å². The van der Waals surface area contributed by atoms with Crippen LogP contribution in [0.2, 0.25) is 0 Å². The van der Waals surface area contributed by atoms with Gasteiger partial charge in [-0.3, -0.25) is 4.79 Å². The van der Waals surface area contributed by atoms with Gasteiger partial charge >= 0.3 is 5.92 Å². The summed E-state index contributed by atoms with van der Waals surface area (Å²) < 4.78 is 26.8. The number of amides is 1. The lowest BCUT2D eigenvalue weighted by molar-refractivity contribution is -0.146. The van der Waals surface area contributed by atoms with Crippen molar-refractivity contribution in [2.45, 2.75) is 5.92 Å². The van der Waals surface area contributed by atoms with Crippen molar-refractivity contribution >= 4 is 18.3 Å². The predicted molar refractivity (Wildman–Crippen MR) is 59.6 cm³/mol.